The van der Waals surface area contributed by atoms with Gasteiger partial charge in [0.1, 0.15) is 22.2 Å². The van der Waals surface area contributed by atoms with Crippen LogP contribution in [-0.4, -0.2) is 51.7 Å². The van der Waals surface area contributed by atoms with Gasteiger partial charge in [-0.05, 0) is 63.7 Å². The molecule has 0 radical (unpaired) electrons. The Morgan fingerprint density at radius 2 is 2.00 bits per heavy atom. The van der Waals surface area contributed by atoms with Crippen LogP contribution in [-0.2, 0) is 16.0 Å². The van der Waals surface area contributed by atoms with E-state index in [-0.39, 0.29) is 24.5 Å². The number of nitrogens with one attached hydrogen (secondary N) is 1. The second-order valence-electron chi connectivity index (χ2n) is 9.85. The smallest absolute Gasteiger partial charge is 0.410 e. The molecule has 1 aliphatic carbocycles. The van der Waals surface area contributed by atoms with Crippen molar-refractivity contribution in [1.29, 1.82) is 0 Å². The molecule has 2 aromatic rings. The summed E-state index contributed by atoms with van der Waals surface area (Å²) in [6.07, 6.45) is 9.12. The number of amides is 2. The number of carbonyl (C=O) groups is 2. The van der Waals surface area contributed by atoms with Crippen LogP contribution in [0.1, 0.15) is 57.7 Å². The second kappa shape index (κ2) is 10.6. The summed E-state index contributed by atoms with van der Waals surface area (Å²) in [6, 6.07) is 5.46. The van der Waals surface area contributed by atoms with Crippen molar-refractivity contribution in [3.8, 4) is 5.75 Å². The van der Waals surface area contributed by atoms with Crippen LogP contribution in [0.5, 0.6) is 5.75 Å². The molecule has 35 heavy (non-hydrogen) atoms. The summed E-state index contributed by atoms with van der Waals surface area (Å²) in [6.45, 7) is 6.63. The van der Waals surface area contributed by atoms with Crippen LogP contribution in [0, 0.1) is 0 Å². The maximum absolute atomic E-state index is 12.5. The van der Waals surface area contributed by atoms with Gasteiger partial charge in [-0.2, -0.15) is 0 Å². The third kappa shape index (κ3) is 6.94. The van der Waals surface area contributed by atoms with E-state index >= 15 is 0 Å². The van der Waals surface area contributed by atoms with E-state index in [2.05, 4.69) is 15.3 Å². The summed E-state index contributed by atoms with van der Waals surface area (Å²) in [4.78, 5) is 35.2. The lowest BCUT2D eigenvalue weighted by atomic mass is 9.96. The van der Waals surface area contributed by atoms with Crippen molar-refractivity contribution in [2.45, 2.75) is 64.6 Å². The first-order chi connectivity index (χ1) is 16.7. The number of aromatic nitrogens is 2. The number of rotatable bonds is 6. The highest BCUT2D eigenvalue weighted by Gasteiger charge is 2.24. The summed E-state index contributed by atoms with van der Waals surface area (Å²) >= 11 is 6.18. The fraction of sp³-hybridized carbons (Fsp3) is 0.462. The van der Waals surface area contributed by atoms with Gasteiger partial charge in [-0.15, -0.1) is 0 Å². The number of pyridine rings is 2. The molecule has 2 aromatic heterocycles. The Bertz CT molecular complexity index is 1110. The Hall–Kier alpha value is -3.13. The molecule has 1 N–H and O–H groups in total. The molecule has 1 saturated carbocycles. The van der Waals surface area contributed by atoms with Gasteiger partial charge in [0.2, 0.25) is 5.91 Å². The SMILES string of the molecule is CC(C)(C)OC(=O)N1CC=C(c2ccc(CC(=O)Nc3cc(OC4CCC4)c(Cl)cn3)cn2)CC1. The molecule has 0 spiro atoms. The third-order valence-corrected chi connectivity index (χ3v) is 6.10. The largest absolute Gasteiger partial charge is 0.489 e. The second-order valence-corrected chi connectivity index (χ2v) is 10.3. The molecule has 0 bridgehead atoms. The quantitative estimate of drug-likeness (QED) is 0.583. The van der Waals surface area contributed by atoms with E-state index in [4.69, 9.17) is 21.1 Å². The third-order valence-electron chi connectivity index (χ3n) is 5.81. The van der Waals surface area contributed by atoms with Crippen LogP contribution in [0.4, 0.5) is 10.6 Å². The zero-order chi connectivity index (χ0) is 25.0. The van der Waals surface area contributed by atoms with Crippen LogP contribution < -0.4 is 10.1 Å². The molecule has 1 fully saturated rings. The summed E-state index contributed by atoms with van der Waals surface area (Å²) in [7, 11) is 0. The van der Waals surface area contributed by atoms with Crippen molar-refractivity contribution in [3.05, 3.63) is 52.9 Å². The van der Waals surface area contributed by atoms with E-state index in [1.807, 2.05) is 39.0 Å². The van der Waals surface area contributed by atoms with Gasteiger partial charge in [0, 0.05) is 25.4 Å². The van der Waals surface area contributed by atoms with Crippen LogP contribution in [0.15, 0.2) is 36.7 Å². The highest BCUT2D eigenvalue weighted by molar-refractivity contribution is 6.32. The molecule has 0 aromatic carbocycles. The molecule has 4 rings (SSSR count). The Morgan fingerprint density at radius 1 is 1.20 bits per heavy atom. The first-order valence-corrected chi connectivity index (χ1v) is 12.3. The van der Waals surface area contributed by atoms with Crippen molar-refractivity contribution in [1.82, 2.24) is 14.9 Å². The zero-order valence-corrected chi connectivity index (χ0v) is 21.1. The number of nitrogens with zero attached hydrogens (tertiary/aromatic N) is 3. The van der Waals surface area contributed by atoms with Crippen molar-refractivity contribution < 1.29 is 19.1 Å². The van der Waals surface area contributed by atoms with Gasteiger partial charge in [-0.3, -0.25) is 9.78 Å². The summed E-state index contributed by atoms with van der Waals surface area (Å²) in [5.74, 6) is 0.743. The number of hydrogen-bond donors (Lipinski definition) is 1. The molecule has 0 unspecified atom stereocenters. The molecular formula is C26H31ClN4O4. The summed E-state index contributed by atoms with van der Waals surface area (Å²) < 4.78 is 11.3. The van der Waals surface area contributed by atoms with E-state index in [0.717, 1.165) is 36.1 Å². The fourth-order valence-corrected chi connectivity index (χ4v) is 3.88. The maximum Gasteiger partial charge on any atom is 0.410 e. The minimum atomic E-state index is -0.513. The molecule has 0 saturated heterocycles. The van der Waals surface area contributed by atoms with Gasteiger partial charge in [0.25, 0.3) is 0 Å². The predicted octanol–water partition coefficient (Wildman–Crippen LogP) is 5.27. The molecule has 0 atom stereocenters. The lowest BCUT2D eigenvalue weighted by molar-refractivity contribution is -0.115. The average molecular weight is 499 g/mol. The predicted molar refractivity (Wildman–Crippen MR) is 134 cm³/mol. The molecule has 2 aliphatic rings. The molecule has 3 heterocycles. The lowest BCUT2D eigenvalue weighted by Gasteiger charge is -2.29. The lowest BCUT2D eigenvalue weighted by Crippen LogP contribution is -2.39. The maximum atomic E-state index is 12.5. The minimum absolute atomic E-state index is 0.169. The number of halogens is 1. The molecule has 8 nitrogen and oxygen atoms in total. The zero-order valence-electron chi connectivity index (χ0n) is 20.3. The highest BCUT2D eigenvalue weighted by Crippen LogP contribution is 2.31. The first-order valence-electron chi connectivity index (χ1n) is 11.9. The fourth-order valence-electron chi connectivity index (χ4n) is 3.73. The van der Waals surface area contributed by atoms with Gasteiger partial charge < -0.3 is 19.7 Å². The van der Waals surface area contributed by atoms with Crippen LogP contribution in [0.25, 0.3) is 5.57 Å². The highest BCUT2D eigenvalue weighted by atomic mass is 35.5. The van der Waals surface area contributed by atoms with E-state index in [1.54, 1.807) is 17.2 Å². The molecule has 9 heteroatoms. The van der Waals surface area contributed by atoms with Gasteiger partial charge >= 0.3 is 6.09 Å². The monoisotopic (exact) mass is 498 g/mol. The number of ether oxygens (including phenoxy) is 2. The van der Waals surface area contributed by atoms with E-state index in [0.29, 0.717) is 36.1 Å². The normalized spacial score (nSPS) is 16.2. The summed E-state index contributed by atoms with van der Waals surface area (Å²) in [5, 5.41) is 3.23. The number of anilines is 1. The van der Waals surface area contributed by atoms with E-state index in [1.165, 1.54) is 6.20 Å². The molecule has 186 valence electrons. The Labute approximate surface area is 210 Å². The Morgan fingerprint density at radius 3 is 2.60 bits per heavy atom. The van der Waals surface area contributed by atoms with Gasteiger partial charge in [-0.25, -0.2) is 9.78 Å². The van der Waals surface area contributed by atoms with Gasteiger partial charge in [0.15, 0.2) is 0 Å². The number of hydrogen-bond acceptors (Lipinski definition) is 6. The van der Waals surface area contributed by atoms with Crippen molar-refractivity contribution in [2.24, 2.45) is 0 Å². The Kier molecular flexibility index (Phi) is 7.60. The number of carbonyl (C=O) groups excluding carboxylic acids is 2. The first kappa shape index (κ1) is 25.0. The van der Waals surface area contributed by atoms with Crippen LogP contribution >= 0.6 is 11.6 Å². The van der Waals surface area contributed by atoms with Gasteiger partial charge in [0.05, 0.1) is 24.4 Å². The molecule has 2 amide bonds. The average Bonchev–Trinajstić information content (AvgIpc) is 2.77. The van der Waals surface area contributed by atoms with Crippen LogP contribution in [0.3, 0.4) is 0 Å². The topological polar surface area (TPSA) is 93.7 Å². The standard InChI is InChI=1S/C26H31ClN4O4/c1-26(2,3)35-25(33)31-11-9-18(10-12-31)21-8-7-17(15-28-21)13-24(32)30-23-14-22(20(27)16-29-23)34-19-5-4-6-19/h7-9,14-16,19H,4-6,10-13H2,1-3H3,(H,29,30,32). The Balaban J connectivity index is 1.30. The van der Waals surface area contributed by atoms with Gasteiger partial charge in [-0.1, -0.05) is 23.7 Å². The van der Waals surface area contributed by atoms with Crippen molar-refractivity contribution >= 4 is 35.0 Å². The van der Waals surface area contributed by atoms with E-state index in [9.17, 15) is 9.59 Å². The van der Waals surface area contributed by atoms with E-state index < -0.39 is 5.60 Å². The van der Waals surface area contributed by atoms with Crippen LogP contribution in [0.2, 0.25) is 5.02 Å². The molecule has 1 aliphatic heterocycles. The minimum Gasteiger partial charge on any atom is -0.489 e. The van der Waals surface area contributed by atoms with Crippen molar-refractivity contribution in [3.63, 3.8) is 0 Å². The van der Waals surface area contributed by atoms with Crippen molar-refractivity contribution in [2.75, 3.05) is 18.4 Å². The summed E-state index contributed by atoms with van der Waals surface area (Å²) in [5.41, 5.74) is 2.19. The molecular weight excluding hydrogens is 468 g/mol.